The van der Waals surface area contributed by atoms with Gasteiger partial charge in [0.15, 0.2) is 0 Å². The maximum absolute atomic E-state index is 11.9. The lowest BCUT2D eigenvalue weighted by Gasteiger charge is -2.32. The smallest absolute Gasteiger partial charge is 0.238 e. The van der Waals surface area contributed by atoms with Crippen LogP contribution in [-0.4, -0.2) is 33.3 Å². The maximum atomic E-state index is 11.9. The van der Waals surface area contributed by atoms with Crippen LogP contribution in [0.5, 0.6) is 0 Å². The molecule has 2 unspecified atom stereocenters. The van der Waals surface area contributed by atoms with E-state index in [2.05, 4.69) is 0 Å². The summed E-state index contributed by atoms with van der Waals surface area (Å²) in [6.07, 6.45) is -0.364. The largest absolute Gasteiger partial charge is 0.371 e. The van der Waals surface area contributed by atoms with E-state index in [0.717, 1.165) is 24.5 Å². The average Bonchev–Trinajstić information content (AvgIpc) is 2.46. The van der Waals surface area contributed by atoms with Gasteiger partial charge in [-0.15, -0.1) is 0 Å². The first kappa shape index (κ1) is 18.1. The molecule has 2 aromatic rings. The van der Waals surface area contributed by atoms with Gasteiger partial charge in [0.25, 0.3) is 0 Å². The summed E-state index contributed by atoms with van der Waals surface area (Å²) in [6.45, 7) is 1.80. The summed E-state index contributed by atoms with van der Waals surface area (Å²) in [5.41, 5.74) is 2.48. The number of hydrogen-bond donors (Lipinski definition) is 3. The molecule has 0 aromatic heterocycles. The van der Waals surface area contributed by atoms with Gasteiger partial charge in [-0.05, 0) is 16.7 Å². The Morgan fingerprint density at radius 1 is 0.826 bits per heavy atom. The fraction of sp³-hybridized carbons (Fsp3) is 0.250. The Balaban J connectivity index is 2.33. The zero-order chi connectivity index (χ0) is 17.3. The van der Waals surface area contributed by atoms with E-state index in [9.17, 15) is 24.0 Å². The first-order valence-electron chi connectivity index (χ1n) is 7.02. The molecule has 23 heavy (non-hydrogen) atoms. The Morgan fingerprint density at radius 2 is 1.26 bits per heavy atom. The lowest BCUT2D eigenvalue weighted by atomic mass is 10.0. The van der Waals surface area contributed by atoms with E-state index in [1.54, 1.807) is 24.3 Å². The van der Waals surface area contributed by atoms with Gasteiger partial charge < -0.3 is 14.9 Å². The fourth-order valence-electron chi connectivity index (χ4n) is 2.36. The molecule has 0 saturated carbocycles. The van der Waals surface area contributed by atoms with Crippen LogP contribution in [0.15, 0.2) is 54.6 Å². The van der Waals surface area contributed by atoms with Gasteiger partial charge in [0, 0.05) is 19.8 Å². The summed E-state index contributed by atoms with van der Waals surface area (Å²) in [5, 5.41) is 7.85. The minimum absolute atomic E-state index is 0.364. The van der Waals surface area contributed by atoms with Crippen LogP contribution in [0.2, 0.25) is 0 Å². The number of aliphatic hydroxyl groups is 1. The van der Waals surface area contributed by atoms with Crippen molar-refractivity contribution in [1.82, 2.24) is 0 Å². The van der Waals surface area contributed by atoms with Crippen LogP contribution in [0.1, 0.15) is 5.56 Å². The highest BCUT2D eigenvalue weighted by molar-refractivity contribution is 7.76. The molecule has 0 spiro atoms. The van der Waals surface area contributed by atoms with E-state index in [-0.39, 0.29) is 6.42 Å². The van der Waals surface area contributed by atoms with Crippen molar-refractivity contribution in [3.8, 4) is 11.1 Å². The van der Waals surface area contributed by atoms with Gasteiger partial charge in [0.2, 0.25) is 19.8 Å². The molecule has 0 amide bonds. The van der Waals surface area contributed by atoms with E-state index in [1.165, 1.54) is 0 Å². The zero-order valence-electron chi connectivity index (χ0n) is 13.0. The Kier molecular flexibility index (Phi) is 5.00. The van der Waals surface area contributed by atoms with Crippen LogP contribution >= 0.6 is 14.7 Å². The molecule has 7 heteroatoms. The molecule has 2 atom stereocenters. The number of hydrogen-bond acceptors (Lipinski definition) is 3. The quantitative estimate of drug-likeness (QED) is 0.716. The summed E-state index contributed by atoms with van der Waals surface area (Å²) in [5.74, 6) is 0. The first-order chi connectivity index (χ1) is 10.5. The Hall–Kier alpha value is -1.22. The van der Waals surface area contributed by atoms with Crippen molar-refractivity contribution in [3.05, 3.63) is 60.2 Å². The maximum Gasteiger partial charge on any atom is 0.238 e. The molecule has 0 saturated heterocycles. The molecule has 0 radical (unpaired) electrons. The van der Waals surface area contributed by atoms with Gasteiger partial charge in [-0.1, -0.05) is 54.6 Å². The van der Waals surface area contributed by atoms with Crippen LogP contribution in [0.3, 0.4) is 0 Å². The minimum atomic E-state index is -4.20. The van der Waals surface area contributed by atoms with Crippen molar-refractivity contribution < 1.29 is 24.0 Å². The second-order valence-corrected chi connectivity index (χ2v) is 11.1. The summed E-state index contributed by atoms with van der Waals surface area (Å²) >= 11 is 0. The molecule has 3 N–H and O–H groups in total. The molecular weight excluding hydrogens is 334 g/mol. The molecule has 0 bridgehead atoms. The van der Waals surface area contributed by atoms with Crippen molar-refractivity contribution >= 4 is 14.7 Å². The van der Waals surface area contributed by atoms with Crippen molar-refractivity contribution in [2.75, 3.05) is 13.3 Å². The molecular formula is C16H20O5P2. The van der Waals surface area contributed by atoms with E-state index >= 15 is 0 Å². The van der Waals surface area contributed by atoms with E-state index in [0.29, 0.717) is 5.56 Å². The van der Waals surface area contributed by atoms with Crippen LogP contribution in [0.25, 0.3) is 11.1 Å². The lowest BCUT2D eigenvalue weighted by molar-refractivity contribution is 0.172. The minimum Gasteiger partial charge on any atom is -0.371 e. The predicted molar refractivity (Wildman–Crippen MR) is 92.0 cm³/mol. The van der Waals surface area contributed by atoms with Gasteiger partial charge in [0.05, 0.1) is 0 Å². The van der Waals surface area contributed by atoms with Gasteiger partial charge >= 0.3 is 0 Å². The molecule has 124 valence electrons. The third-order valence-corrected chi connectivity index (χ3v) is 9.03. The molecule has 5 nitrogen and oxygen atoms in total. The molecule has 0 aliphatic rings. The standard InChI is InChI=1S/C16H20O5P2/c1-22(18,19)16(17,23(2,20)21)12-13-8-10-15(11-9-13)14-6-4-3-5-7-14/h3-11,17H,12H2,1-2H3,(H,18,19)(H,20,21). The van der Waals surface area contributed by atoms with Gasteiger partial charge in [-0.2, -0.15) is 0 Å². The number of rotatable bonds is 5. The summed E-state index contributed by atoms with van der Waals surface area (Å²) < 4.78 is 23.9. The average molecular weight is 354 g/mol. The monoisotopic (exact) mass is 354 g/mol. The first-order valence-corrected chi connectivity index (χ1v) is 11.2. The SMILES string of the molecule is CP(=O)(O)C(O)(Cc1ccc(-c2ccccc2)cc1)P(C)(=O)O. The van der Waals surface area contributed by atoms with Crippen LogP contribution in [0.4, 0.5) is 0 Å². The predicted octanol–water partition coefficient (Wildman–Crippen LogP) is 3.34. The molecule has 2 rings (SSSR count). The third kappa shape index (κ3) is 3.82. The third-order valence-electron chi connectivity index (χ3n) is 3.83. The Bertz CT molecular complexity index is 737. The van der Waals surface area contributed by atoms with Crippen LogP contribution in [-0.2, 0) is 15.6 Å². The normalized spacial score (nSPS) is 19.3. The van der Waals surface area contributed by atoms with E-state index in [4.69, 9.17) is 0 Å². The Labute approximate surface area is 135 Å². The van der Waals surface area contributed by atoms with Crippen LogP contribution in [0, 0.1) is 0 Å². The van der Waals surface area contributed by atoms with Crippen molar-refractivity contribution in [2.45, 2.75) is 11.5 Å². The highest BCUT2D eigenvalue weighted by Crippen LogP contribution is 2.69. The highest BCUT2D eigenvalue weighted by atomic mass is 31.2. The molecule has 0 aliphatic carbocycles. The topological polar surface area (TPSA) is 94.8 Å². The zero-order valence-corrected chi connectivity index (χ0v) is 14.7. The Morgan fingerprint density at radius 3 is 1.70 bits per heavy atom. The second kappa shape index (κ2) is 6.35. The van der Waals surface area contributed by atoms with Crippen molar-refractivity contribution in [1.29, 1.82) is 0 Å². The number of benzene rings is 2. The fourth-order valence-corrected chi connectivity index (χ4v) is 6.06. The summed E-state index contributed by atoms with van der Waals surface area (Å²) in [6, 6.07) is 16.6. The van der Waals surface area contributed by atoms with Gasteiger partial charge in [-0.25, -0.2) is 0 Å². The van der Waals surface area contributed by atoms with Crippen molar-refractivity contribution in [2.24, 2.45) is 0 Å². The van der Waals surface area contributed by atoms with Crippen LogP contribution < -0.4 is 0 Å². The highest BCUT2D eigenvalue weighted by Gasteiger charge is 2.53. The van der Waals surface area contributed by atoms with Crippen molar-refractivity contribution in [3.63, 3.8) is 0 Å². The molecule has 0 heterocycles. The lowest BCUT2D eigenvalue weighted by Crippen LogP contribution is -2.30. The van der Waals surface area contributed by atoms with Gasteiger partial charge in [0.1, 0.15) is 0 Å². The molecule has 0 aliphatic heterocycles. The molecule has 0 fully saturated rings. The van der Waals surface area contributed by atoms with E-state index in [1.807, 2.05) is 30.3 Å². The summed E-state index contributed by atoms with van der Waals surface area (Å²) in [4.78, 5) is 19.5. The second-order valence-electron chi connectivity index (χ2n) is 5.77. The molecule has 2 aromatic carbocycles. The van der Waals surface area contributed by atoms with Gasteiger partial charge in [-0.3, -0.25) is 9.13 Å². The van der Waals surface area contributed by atoms with E-state index < -0.39 is 19.8 Å². The summed E-state index contributed by atoms with van der Waals surface area (Å²) in [7, 11) is -8.40.